The highest BCUT2D eigenvalue weighted by Crippen LogP contribution is 2.35. The summed E-state index contributed by atoms with van der Waals surface area (Å²) >= 11 is 0. The molecule has 0 unspecified atom stereocenters. The Balaban J connectivity index is 2.15. The Bertz CT molecular complexity index is 856. The number of benzene rings is 2. The second kappa shape index (κ2) is 5.36. The van der Waals surface area contributed by atoms with Gasteiger partial charge in [-0.25, -0.2) is 4.98 Å². The third-order valence-corrected chi connectivity index (χ3v) is 3.22. The van der Waals surface area contributed by atoms with Gasteiger partial charge in [0.2, 0.25) is 5.89 Å². The summed E-state index contributed by atoms with van der Waals surface area (Å²) in [5.41, 5.74) is 1.45. The van der Waals surface area contributed by atoms with Crippen LogP contribution in [-0.4, -0.2) is 24.1 Å². The van der Waals surface area contributed by atoms with Crippen LogP contribution in [0.2, 0.25) is 0 Å². The Morgan fingerprint density at radius 1 is 1.14 bits per heavy atom. The number of non-ortho nitro benzene ring substituents is 1. The maximum atomic E-state index is 10.8. The van der Waals surface area contributed by atoms with Gasteiger partial charge in [-0.3, -0.25) is 10.1 Å². The van der Waals surface area contributed by atoms with Crippen molar-refractivity contribution in [1.82, 2.24) is 4.98 Å². The van der Waals surface area contributed by atoms with Crippen molar-refractivity contribution in [3.63, 3.8) is 0 Å². The van der Waals surface area contributed by atoms with Gasteiger partial charge in [-0.1, -0.05) is 0 Å². The van der Waals surface area contributed by atoms with E-state index in [-0.39, 0.29) is 5.69 Å². The minimum absolute atomic E-state index is 0.0371. The SMILES string of the molecule is COc1ccc(OC)c(-c2nc3cc([N+](=O)[O-])ccc3o2)c1. The highest BCUT2D eigenvalue weighted by Gasteiger charge is 2.16. The number of nitro groups is 1. The summed E-state index contributed by atoms with van der Waals surface area (Å²) in [4.78, 5) is 14.6. The molecule has 0 fully saturated rings. The lowest BCUT2D eigenvalue weighted by Gasteiger charge is -2.07. The molecule has 0 aliphatic heterocycles. The van der Waals surface area contributed by atoms with Gasteiger partial charge in [-0.2, -0.15) is 0 Å². The first-order chi connectivity index (χ1) is 10.6. The van der Waals surface area contributed by atoms with Crippen molar-refractivity contribution < 1.29 is 18.8 Å². The summed E-state index contributed by atoms with van der Waals surface area (Å²) in [7, 11) is 3.10. The van der Waals surface area contributed by atoms with Crippen molar-refractivity contribution in [3.8, 4) is 23.0 Å². The number of oxazole rings is 1. The van der Waals surface area contributed by atoms with E-state index in [1.54, 1.807) is 32.4 Å². The maximum Gasteiger partial charge on any atom is 0.271 e. The van der Waals surface area contributed by atoms with Gasteiger partial charge in [0.05, 0.1) is 24.7 Å². The summed E-state index contributed by atoms with van der Waals surface area (Å²) in [5, 5.41) is 10.8. The summed E-state index contributed by atoms with van der Waals surface area (Å²) < 4.78 is 16.1. The summed E-state index contributed by atoms with van der Waals surface area (Å²) in [5.74, 6) is 1.51. The molecule has 22 heavy (non-hydrogen) atoms. The van der Waals surface area contributed by atoms with E-state index in [4.69, 9.17) is 13.9 Å². The molecular weight excluding hydrogens is 288 g/mol. The molecule has 0 saturated heterocycles. The van der Waals surface area contributed by atoms with Gasteiger partial charge in [-0.15, -0.1) is 0 Å². The molecular formula is C15H12N2O5. The van der Waals surface area contributed by atoms with Gasteiger partial charge < -0.3 is 13.9 Å². The van der Waals surface area contributed by atoms with Gasteiger partial charge in [0.25, 0.3) is 5.69 Å². The molecule has 0 aliphatic rings. The molecule has 0 bridgehead atoms. The topological polar surface area (TPSA) is 87.6 Å². The van der Waals surface area contributed by atoms with E-state index in [1.807, 2.05) is 0 Å². The number of hydrogen-bond acceptors (Lipinski definition) is 6. The van der Waals surface area contributed by atoms with Crippen LogP contribution in [0.1, 0.15) is 0 Å². The van der Waals surface area contributed by atoms with E-state index in [9.17, 15) is 10.1 Å². The smallest absolute Gasteiger partial charge is 0.271 e. The van der Waals surface area contributed by atoms with E-state index in [0.29, 0.717) is 34.1 Å². The van der Waals surface area contributed by atoms with Crippen LogP contribution in [0.3, 0.4) is 0 Å². The minimum atomic E-state index is -0.472. The first-order valence-corrected chi connectivity index (χ1v) is 6.40. The fourth-order valence-corrected chi connectivity index (χ4v) is 2.13. The van der Waals surface area contributed by atoms with Gasteiger partial charge in [0.1, 0.15) is 17.0 Å². The number of aromatic nitrogens is 1. The number of ether oxygens (including phenoxy) is 2. The summed E-state index contributed by atoms with van der Waals surface area (Å²) in [6.45, 7) is 0. The minimum Gasteiger partial charge on any atom is -0.497 e. The van der Waals surface area contributed by atoms with Crippen molar-refractivity contribution >= 4 is 16.8 Å². The number of nitrogens with zero attached hydrogens (tertiary/aromatic N) is 2. The molecule has 0 amide bonds. The second-order valence-electron chi connectivity index (χ2n) is 4.49. The highest BCUT2D eigenvalue weighted by molar-refractivity contribution is 5.80. The first kappa shape index (κ1) is 13.9. The number of hydrogen-bond donors (Lipinski definition) is 0. The van der Waals surface area contributed by atoms with Crippen molar-refractivity contribution in [3.05, 3.63) is 46.5 Å². The zero-order valence-corrected chi connectivity index (χ0v) is 11.9. The van der Waals surface area contributed by atoms with Crippen molar-refractivity contribution in [1.29, 1.82) is 0 Å². The van der Waals surface area contributed by atoms with Crippen LogP contribution < -0.4 is 9.47 Å². The van der Waals surface area contributed by atoms with Crippen LogP contribution in [0.15, 0.2) is 40.8 Å². The number of rotatable bonds is 4. The van der Waals surface area contributed by atoms with Crippen molar-refractivity contribution in [2.24, 2.45) is 0 Å². The van der Waals surface area contributed by atoms with E-state index < -0.39 is 4.92 Å². The molecule has 2 aromatic carbocycles. The molecule has 0 radical (unpaired) electrons. The first-order valence-electron chi connectivity index (χ1n) is 6.40. The van der Waals surface area contributed by atoms with E-state index >= 15 is 0 Å². The Hall–Kier alpha value is -3.09. The maximum absolute atomic E-state index is 10.8. The molecule has 1 aromatic heterocycles. The molecule has 7 nitrogen and oxygen atoms in total. The Morgan fingerprint density at radius 2 is 1.95 bits per heavy atom. The number of methoxy groups -OCH3 is 2. The predicted molar refractivity (Wildman–Crippen MR) is 79.2 cm³/mol. The molecule has 3 aromatic rings. The molecule has 7 heteroatoms. The Morgan fingerprint density at radius 3 is 2.64 bits per heavy atom. The molecule has 3 rings (SSSR count). The second-order valence-corrected chi connectivity index (χ2v) is 4.49. The lowest BCUT2D eigenvalue weighted by molar-refractivity contribution is -0.384. The Labute approximate surface area is 125 Å². The molecule has 1 heterocycles. The van der Waals surface area contributed by atoms with Crippen molar-refractivity contribution in [2.75, 3.05) is 14.2 Å². The zero-order valence-electron chi connectivity index (χ0n) is 11.9. The van der Waals surface area contributed by atoms with E-state index in [1.165, 1.54) is 18.2 Å². The molecule has 0 saturated carbocycles. The van der Waals surface area contributed by atoms with Crippen LogP contribution in [0.25, 0.3) is 22.6 Å². The number of nitro benzene ring substituents is 1. The van der Waals surface area contributed by atoms with E-state index in [0.717, 1.165) is 0 Å². The largest absolute Gasteiger partial charge is 0.497 e. The van der Waals surface area contributed by atoms with Gasteiger partial charge >= 0.3 is 0 Å². The Kier molecular flexibility index (Phi) is 3.38. The van der Waals surface area contributed by atoms with Crippen LogP contribution in [0.4, 0.5) is 5.69 Å². The summed E-state index contributed by atoms with van der Waals surface area (Å²) in [6.07, 6.45) is 0. The molecule has 0 aliphatic carbocycles. The zero-order chi connectivity index (χ0) is 15.7. The molecule has 112 valence electrons. The lowest BCUT2D eigenvalue weighted by Crippen LogP contribution is -1.90. The third kappa shape index (κ3) is 2.32. The van der Waals surface area contributed by atoms with Gasteiger partial charge in [-0.05, 0) is 24.3 Å². The van der Waals surface area contributed by atoms with Crippen molar-refractivity contribution in [2.45, 2.75) is 0 Å². The quantitative estimate of drug-likeness (QED) is 0.542. The molecule has 0 atom stereocenters. The molecule has 0 N–H and O–H groups in total. The third-order valence-electron chi connectivity index (χ3n) is 3.22. The van der Waals surface area contributed by atoms with Gasteiger partial charge in [0.15, 0.2) is 5.58 Å². The van der Waals surface area contributed by atoms with Crippen LogP contribution >= 0.6 is 0 Å². The normalized spacial score (nSPS) is 10.6. The predicted octanol–water partition coefficient (Wildman–Crippen LogP) is 3.42. The molecule has 0 spiro atoms. The summed E-state index contributed by atoms with van der Waals surface area (Å²) in [6, 6.07) is 9.50. The average Bonchev–Trinajstić information content (AvgIpc) is 2.96. The average molecular weight is 300 g/mol. The van der Waals surface area contributed by atoms with E-state index in [2.05, 4.69) is 4.98 Å². The number of fused-ring (bicyclic) bond motifs is 1. The lowest BCUT2D eigenvalue weighted by atomic mass is 10.2. The fraction of sp³-hybridized carbons (Fsp3) is 0.133. The standard InChI is InChI=1S/C15H12N2O5/c1-20-10-4-6-13(21-2)11(8-10)15-16-12-7-9(17(18)19)3-5-14(12)22-15/h3-8H,1-2H3. The van der Waals surface area contributed by atoms with Crippen LogP contribution in [0.5, 0.6) is 11.5 Å². The van der Waals surface area contributed by atoms with Gasteiger partial charge in [0, 0.05) is 12.1 Å². The van der Waals surface area contributed by atoms with Crippen LogP contribution in [-0.2, 0) is 0 Å². The van der Waals surface area contributed by atoms with Crippen LogP contribution in [0, 0.1) is 10.1 Å². The monoisotopic (exact) mass is 300 g/mol. The fourth-order valence-electron chi connectivity index (χ4n) is 2.13. The highest BCUT2D eigenvalue weighted by atomic mass is 16.6.